The van der Waals surface area contributed by atoms with E-state index in [4.69, 9.17) is 16.3 Å². The minimum atomic E-state index is 0.209. The van der Waals surface area contributed by atoms with Crippen molar-refractivity contribution in [3.05, 3.63) is 29.8 Å². The molecule has 1 heterocycles. The summed E-state index contributed by atoms with van der Waals surface area (Å²) < 4.78 is 5.70. The van der Waals surface area contributed by atoms with Gasteiger partial charge < -0.3 is 10.1 Å². The lowest BCUT2D eigenvalue weighted by Crippen LogP contribution is -2.58. The molecule has 1 aromatic carbocycles. The fourth-order valence-electron chi connectivity index (χ4n) is 2.90. The smallest absolute Gasteiger partial charge is 0.122 e. The topological polar surface area (TPSA) is 21.3 Å². The van der Waals surface area contributed by atoms with Gasteiger partial charge in [-0.3, -0.25) is 0 Å². The third-order valence-electron chi connectivity index (χ3n) is 4.56. The number of hydrogen-bond donors (Lipinski definition) is 1. The Balaban J connectivity index is 1.60. The number of ether oxygens (including phenoxy) is 1. The van der Waals surface area contributed by atoms with Crippen LogP contribution < -0.4 is 10.1 Å². The Kier molecular flexibility index (Phi) is 3.03. The van der Waals surface area contributed by atoms with Crippen LogP contribution in [0.2, 0.25) is 0 Å². The summed E-state index contributed by atoms with van der Waals surface area (Å²) in [6, 6.07) is 8.87. The monoisotopic (exact) mass is 265 g/mol. The van der Waals surface area contributed by atoms with Crippen LogP contribution in [0.1, 0.15) is 31.7 Å². The standard InChI is InChI=1S/C15H20ClNO/c1-15(2)13(16)7-14(15)17-8-10-9-18-12-6-4-3-5-11(10)12/h3-6,10,13-14,17H,7-9H2,1-2H3. The molecule has 2 nitrogen and oxygen atoms in total. The van der Waals surface area contributed by atoms with Crippen molar-refractivity contribution in [3.63, 3.8) is 0 Å². The Bertz CT molecular complexity index is 446. The maximum atomic E-state index is 6.25. The molecule has 0 saturated heterocycles. The first-order valence-electron chi connectivity index (χ1n) is 6.68. The molecule has 0 amide bonds. The van der Waals surface area contributed by atoms with E-state index in [1.165, 1.54) is 5.56 Å². The molecule has 1 aliphatic carbocycles. The Morgan fingerprint density at radius 3 is 2.89 bits per heavy atom. The summed E-state index contributed by atoms with van der Waals surface area (Å²) >= 11 is 6.25. The maximum absolute atomic E-state index is 6.25. The summed E-state index contributed by atoms with van der Waals surface area (Å²) in [6.07, 6.45) is 1.07. The summed E-state index contributed by atoms with van der Waals surface area (Å²) in [6.45, 7) is 6.26. The number of rotatable bonds is 3. The second-order valence-electron chi connectivity index (χ2n) is 6.03. The van der Waals surface area contributed by atoms with Crippen molar-refractivity contribution in [2.24, 2.45) is 5.41 Å². The zero-order valence-corrected chi connectivity index (χ0v) is 11.7. The van der Waals surface area contributed by atoms with Crippen molar-refractivity contribution in [2.75, 3.05) is 13.2 Å². The summed E-state index contributed by atoms with van der Waals surface area (Å²) in [5.41, 5.74) is 1.55. The highest BCUT2D eigenvalue weighted by Crippen LogP contribution is 2.44. The van der Waals surface area contributed by atoms with Crippen molar-refractivity contribution in [1.82, 2.24) is 5.32 Å². The van der Waals surface area contributed by atoms with Crippen LogP contribution in [0.5, 0.6) is 5.75 Å². The first kappa shape index (κ1) is 12.3. The fraction of sp³-hybridized carbons (Fsp3) is 0.600. The molecule has 3 atom stereocenters. The molecule has 0 bridgehead atoms. The van der Waals surface area contributed by atoms with E-state index in [-0.39, 0.29) is 5.41 Å². The summed E-state index contributed by atoms with van der Waals surface area (Å²) in [7, 11) is 0. The van der Waals surface area contributed by atoms with E-state index in [1.807, 2.05) is 6.07 Å². The van der Waals surface area contributed by atoms with Crippen molar-refractivity contribution >= 4 is 11.6 Å². The molecular weight excluding hydrogens is 246 g/mol. The largest absolute Gasteiger partial charge is 0.493 e. The Morgan fingerprint density at radius 2 is 2.17 bits per heavy atom. The molecule has 98 valence electrons. The van der Waals surface area contributed by atoms with Gasteiger partial charge in [-0.1, -0.05) is 32.0 Å². The number of hydrogen-bond acceptors (Lipinski definition) is 2. The first-order chi connectivity index (χ1) is 8.59. The molecule has 3 rings (SSSR count). The number of alkyl halides is 1. The molecule has 1 aliphatic heterocycles. The second-order valence-corrected chi connectivity index (χ2v) is 6.56. The lowest BCUT2D eigenvalue weighted by Gasteiger charge is -2.49. The maximum Gasteiger partial charge on any atom is 0.122 e. The number of benzene rings is 1. The van der Waals surface area contributed by atoms with Gasteiger partial charge in [-0.25, -0.2) is 0 Å². The van der Waals surface area contributed by atoms with Crippen molar-refractivity contribution < 1.29 is 4.74 Å². The Labute approximate surface area is 114 Å². The average molecular weight is 266 g/mol. The van der Waals surface area contributed by atoms with Crippen molar-refractivity contribution in [3.8, 4) is 5.75 Å². The van der Waals surface area contributed by atoms with Crippen LogP contribution in [-0.4, -0.2) is 24.6 Å². The molecule has 1 saturated carbocycles. The Hall–Kier alpha value is -0.730. The lowest BCUT2D eigenvalue weighted by atomic mass is 9.66. The van der Waals surface area contributed by atoms with Crippen LogP contribution >= 0.6 is 11.6 Å². The Morgan fingerprint density at radius 1 is 1.39 bits per heavy atom. The molecule has 0 spiro atoms. The molecule has 3 heteroatoms. The first-order valence-corrected chi connectivity index (χ1v) is 7.12. The average Bonchev–Trinajstić information content (AvgIpc) is 2.78. The van der Waals surface area contributed by atoms with Crippen LogP contribution in [0.25, 0.3) is 0 Å². The number of para-hydroxylation sites is 1. The minimum Gasteiger partial charge on any atom is -0.493 e. The lowest BCUT2D eigenvalue weighted by molar-refractivity contribution is 0.114. The van der Waals surface area contributed by atoms with Crippen LogP contribution in [0, 0.1) is 5.41 Å². The fourth-order valence-corrected chi connectivity index (χ4v) is 3.23. The third-order valence-corrected chi connectivity index (χ3v) is 5.30. The van der Waals surface area contributed by atoms with Gasteiger partial charge in [-0.05, 0) is 17.9 Å². The summed E-state index contributed by atoms with van der Waals surface area (Å²) in [4.78, 5) is 0. The van der Waals surface area contributed by atoms with Gasteiger partial charge in [0.25, 0.3) is 0 Å². The minimum absolute atomic E-state index is 0.209. The highest BCUT2D eigenvalue weighted by Gasteiger charge is 2.47. The van der Waals surface area contributed by atoms with Crippen molar-refractivity contribution in [1.29, 1.82) is 0 Å². The zero-order chi connectivity index (χ0) is 12.8. The van der Waals surface area contributed by atoms with E-state index in [9.17, 15) is 0 Å². The molecular formula is C15H20ClNO. The molecule has 18 heavy (non-hydrogen) atoms. The summed E-state index contributed by atoms with van der Waals surface area (Å²) in [5.74, 6) is 1.53. The van der Waals surface area contributed by atoms with E-state index < -0.39 is 0 Å². The molecule has 1 N–H and O–H groups in total. The van der Waals surface area contributed by atoms with Gasteiger partial charge in [0, 0.05) is 29.4 Å². The van der Waals surface area contributed by atoms with Crippen LogP contribution in [0.15, 0.2) is 24.3 Å². The zero-order valence-electron chi connectivity index (χ0n) is 10.9. The van der Waals surface area contributed by atoms with E-state index in [0.717, 1.165) is 25.3 Å². The number of halogens is 1. The quantitative estimate of drug-likeness (QED) is 0.848. The van der Waals surface area contributed by atoms with E-state index >= 15 is 0 Å². The van der Waals surface area contributed by atoms with Crippen LogP contribution in [-0.2, 0) is 0 Å². The molecule has 1 aromatic rings. The second kappa shape index (κ2) is 4.43. The molecule has 0 aromatic heterocycles. The number of nitrogens with one attached hydrogen (secondary N) is 1. The van der Waals surface area contributed by atoms with Crippen LogP contribution in [0.4, 0.5) is 0 Å². The predicted molar refractivity (Wildman–Crippen MR) is 74.5 cm³/mol. The van der Waals surface area contributed by atoms with E-state index in [0.29, 0.717) is 17.3 Å². The van der Waals surface area contributed by atoms with Gasteiger partial charge in [-0.2, -0.15) is 0 Å². The number of fused-ring (bicyclic) bond motifs is 1. The highest BCUT2D eigenvalue weighted by molar-refractivity contribution is 6.21. The normalized spacial score (nSPS) is 32.5. The van der Waals surface area contributed by atoms with E-state index in [2.05, 4.69) is 37.4 Å². The summed E-state index contributed by atoms with van der Waals surface area (Å²) in [5, 5.41) is 3.97. The molecule has 1 fully saturated rings. The SMILES string of the molecule is CC1(C)C(Cl)CC1NCC1COc2ccccc21. The third kappa shape index (κ3) is 1.92. The van der Waals surface area contributed by atoms with E-state index in [1.54, 1.807) is 0 Å². The van der Waals surface area contributed by atoms with Gasteiger partial charge >= 0.3 is 0 Å². The van der Waals surface area contributed by atoms with Gasteiger partial charge in [0.1, 0.15) is 5.75 Å². The van der Waals surface area contributed by atoms with Gasteiger partial charge in [-0.15, -0.1) is 11.6 Å². The predicted octanol–water partition coefficient (Wildman–Crippen LogP) is 3.16. The van der Waals surface area contributed by atoms with Crippen molar-refractivity contribution in [2.45, 2.75) is 37.6 Å². The van der Waals surface area contributed by atoms with Gasteiger partial charge in [0.05, 0.1) is 6.61 Å². The van der Waals surface area contributed by atoms with Gasteiger partial charge in [0.2, 0.25) is 0 Å². The molecule has 2 aliphatic rings. The molecule has 3 unspecified atom stereocenters. The highest BCUT2D eigenvalue weighted by atomic mass is 35.5. The van der Waals surface area contributed by atoms with Crippen LogP contribution in [0.3, 0.4) is 0 Å². The molecule has 0 radical (unpaired) electrons. The van der Waals surface area contributed by atoms with Gasteiger partial charge in [0.15, 0.2) is 0 Å².